The molecule has 2 heterocycles. The summed E-state index contributed by atoms with van der Waals surface area (Å²) >= 11 is 0. The van der Waals surface area contributed by atoms with Gasteiger partial charge in [0.05, 0.1) is 25.2 Å². The molecular formula is C25H30O4Si. The molecule has 0 bridgehead atoms. The number of hydrogen-bond acceptors (Lipinski definition) is 4. The molecule has 5 atom stereocenters. The number of carbonyl (C=O) groups excluding carboxylic acids is 1. The third-order valence-electron chi connectivity index (χ3n) is 7.08. The second kappa shape index (κ2) is 7.33. The van der Waals surface area contributed by atoms with Crippen molar-refractivity contribution in [2.75, 3.05) is 6.61 Å². The second-order valence-electron chi connectivity index (χ2n) is 9.90. The minimum absolute atomic E-state index is 0.0325. The molecule has 0 radical (unpaired) electrons. The largest absolute Gasteiger partial charge is 0.462 e. The monoisotopic (exact) mass is 422 g/mol. The lowest BCUT2D eigenvalue weighted by Crippen LogP contribution is -2.68. The lowest BCUT2D eigenvalue weighted by molar-refractivity contribution is -0.141. The third kappa shape index (κ3) is 3.24. The Morgan fingerprint density at radius 3 is 2.00 bits per heavy atom. The maximum Gasteiger partial charge on any atom is 0.306 e. The first-order chi connectivity index (χ1) is 14.4. The van der Waals surface area contributed by atoms with E-state index >= 15 is 0 Å². The van der Waals surface area contributed by atoms with Crippen LogP contribution < -0.4 is 10.4 Å². The predicted molar refractivity (Wildman–Crippen MR) is 118 cm³/mol. The molecule has 1 saturated carbocycles. The number of fused-ring (bicyclic) bond motifs is 1. The van der Waals surface area contributed by atoms with E-state index in [1.807, 2.05) is 0 Å². The van der Waals surface area contributed by atoms with Crippen molar-refractivity contribution in [3.63, 3.8) is 0 Å². The van der Waals surface area contributed by atoms with E-state index in [4.69, 9.17) is 13.9 Å². The SMILES string of the molecule is CC(C)(C)[Si](O[C@@H]1C[C@@H]2OC(=O)C[C@@H]2[C@H]1[C@H]1CO1)(c1ccccc1)c1ccccc1. The summed E-state index contributed by atoms with van der Waals surface area (Å²) in [4.78, 5) is 11.9. The molecule has 2 aromatic carbocycles. The number of epoxide rings is 1. The second-order valence-corrected chi connectivity index (χ2v) is 14.2. The van der Waals surface area contributed by atoms with Gasteiger partial charge in [-0.15, -0.1) is 0 Å². The molecule has 0 unspecified atom stereocenters. The Kier molecular flexibility index (Phi) is 4.88. The van der Waals surface area contributed by atoms with E-state index < -0.39 is 8.32 Å². The van der Waals surface area contributed by atoms with Gasteiger partial charge in [-0.2, -0.15) is 0 Å². The van der Waals surface area contributed by atoms with Gasteiger partial charge >= 0.3 is 5.97 Å². The molecule has 2 saturated heterocycles. The van der Waals surface area contributed by atoms with Crippen LogP contribution in [0.1, 0.15) is 33.6 Å². The van der Waals surface area contributed by atoms with Crippen molar-refractivity contribution >= 4 is 24.7 Å². The summed E-state index contributed by atoms with van der Waals surface area (Å²) in [5.74, 6) is 0.371. The fourth-order valence-corrected chi connectivity index (χ4v) is 10.5. The molecule has 5 heteroatoms. The van der Waals surface area contributed by atoms with Crippen LogP contribution in [0, 0.1) is 11.8 Å². The van der Waals surface area contributed by atoms with Gasteiger partial charge < -0.3 is 13.9 Å². The summed E-state index contributed by atoms with van der Waals surface area (Å²) in [6, 6.07) is 21.5. The number of esters is 1. The molecule has 0 spiro atoms. The van der Waals surface area contributed by atoms with Crippen molar-refractivity contribution in [2.45, 2.75) is 57.0 Å². The Balaban J connectivity index is 1.60. The zero-order chi connectivity index (χ0) is 20.9. The zero-order valence-corrected chi connectivity index (χ0v) is 18.9. The smallest absolute Gasteiger partial charge is 0.306 e. The van der Waals surface area contributed by atoms with Gasteiger partial charge in [0.25, 0.3) is 8.32 Å². The maximum atomic E-state index is 11.9. The summed E-state index contributed by atoms with van der Waals surface area (Å²) in [6.45, 7) is 7.68. The summed E-state index contributed by atoms with van der Waals surface area (Å²) in [5.41, 5.74) is 0. The minimum Gasteiger partial charge on any atom is -0.462 e. The van der Waals surface area contributed by atoms with Gasteiger partial charge in [0.15, 0.2) is 0 Å². The van der Waals surface area contributed by atoms with Crippen molar-refractivity contribution in [1.82, 2.24) is 0 Å². The normalized spacial score (nSPS) is 30.8. The molecule has 5 rings (SSSR count). The number of rotatable bonds is 5. The van der Waals surface area contributed by atoms with Crippen molar-refractivity contribution in [1.29, 1.82) is 0 Å². The van der Waals surface area contributed by atoms with Gasteiger partial charge in [0, 0.05) is 18.3 Å². The maximum absolute atomic E-state index is 11.9. The molecule has 158 valence electrons. The first-order valence-electron chi connectivity index (χ1n) is 11.0. The van der Waals surface area contributed by atoms with Crippen LogP contribution >= 0.6 is 0 Å². The quantitative estimate of drug-likeness (QED) is 0.422. The van der Waals surface area contributed by atoms with Gasteiger partial charge in [0.1, 0.15) is 6.10 Å². The van der Waals surface area contributed by atoms with Crippen molar-refractivity contribution < 1.29 is 18.7 Å². The summed E-state index contributed by atoms with van der Waals surface area (Å²) in [6.07, 6.45) is 1.46. The number of benzene rings is 2. The van der Waals surface area contributed by atoms with Gasteiger partial charge in [-0.1, -0.05) is 81.4 Å². The van der Waals surface area contributed by atoms with Crippen LogP contribution in [0.15, 0.2) is 60.7 Å². The summed E-state index contributed by atoms with van der Waals surface area (Å²) in [7, 11) is -2.64. The fraction of sp³-hybridized carbons (Fsp3) is 0.480. The molecule has 2 aromatic rings. The van der Waals surface area contributed by atoms with Gasteiger partial charge in [-0.05, 0) is 15.4 Å². The standard InChI is InChI=1S/C25H30O4Si/c1-25(2,3)30(17-10-6-4-7-11-17,18-12-8-5-9-13-18)29-21-15-20-19(14-23(26)28-20)24(21)22-16-27-22/h4-13,19-22,24H,14-16H2,1-3H3/t19-,20-,21+,22+,24+/m0/s1. The highest BCUT2D eigenvalue weighted by molar-refractivity contribution is 6.99. The summed E-state index contributed by atoms with van der Waals surface area (Å²) < 4.78 is 18.8. The molecule has 0 N–H and O–H groups in total. The van der Waals surface area contributed by atoms with E-state index in [-0.39, 0.29) is 41.2 Å². The average Bonchev–Trinajstić information content (AvgIpc) is 3.41. The van der Waals surface area contributed by atoms with Gasteiger partial charge in [0.2, 0.25) is 0 Å². The van der Waals surface area contributed by atoms with Crippen LogP contribution in [0.25, 0.3) is 0 Å². The molecule has 4 nitrogen and oxygen atoms in total. The van der Waals surface area contributed by atoms with Gasteiger partial charge in [-0.3, -0.25) is 4.79 Å². The lowest BCUT2D eigenvalue weighted by Gasteiger charge is -2.45. The predicted octanol–water partition coefficient (Wildman–Crippen LogP) is 3.28. The Hall–Kier alpha value is -1.95. The third-order valence-corrected chi connectivity index (χ3v) is 12.1. The molecule has 3 aliphatic rings. The van der Waals surface area contributed by atoms with Crippen LogP contribution in [0.3, 0.4) is 0 Å². The van der Waals surface area contributed by atoms with Crippen LogP contribution in [0.4, 0.5) is 0 Å². The molecule has 1 aliphatic carbocycles. The lowest BCUT2D eigenvalue weighted by atomic mass is 9.89. The average molecular weight is 423 g/mol. The van der Waals surface area contributed by atoms with E-state index in [0.717, 1.165) is 13.0 Å². The number of carbonyl (C=O) groups is 1. The summed E-state index contributed by atoms with van der Waals surface area (Å²) in [5, 5.41) is 2.50. The highest BCUT2D eigenvalue weighted by atomic mass is 28.4. The Morgan fingerprint density at radius 2 is 1.50 bits per heavy atom. The van der Waals surface area contributed by atoms with Crippen molar-refractivity contribution in [2.24, 2.45) is 11.8 Å². The zero-order valence-electron chi connectivity index (χ0n) is 17.9. The number of hydrogen-bond donors (Lipinski definition) is 0. The molecule has 2 aliphatic heterocycles. The van der Waals surface area contributed by atoms with Crippen LogP contribution in [0.2, 0.25) is 5.04 Å². The Labute approximate surface area is 179 Å². The highest BCUT2D eigenvalue weighted by Crippen LogP contribution is 2.50. The number of ether oxygens (including phenoxy) is 2. The first kappa shape index (κ1) is 20.0. The molecular weight excluding hydrogens is 392 g/mol. The van der Waals surface area contributed by atoms with E-state index in [1.165, 1.54) is 10.4 Å². The van der Waals surface area contributed by atoms with E-state index in [9.17, 15) is 4.79 Å². The van der Waals surface area contributed by atoms with Crippen molar-refractivity contribution in [3.8, 4) is 0 Å². The molecule has 0 aromatic heterocycles. The van der Waals surface area contributed by atoms with Crippen molar-refractivity contribution in [3.05, 3.63) is 60.7 Å². The van der Waals surface area contributed by atoms with E-state index in [0.29, 0.717) is 6.42 Å². The van der Waals surface area contributed by atoms with Gasteiger partial charge in [-0.25, -0.2) is 0 Å². The van der Waals surface area contributed by atoms with E-state index in [1.54, 1.807) is 0 Å². The van der Waals surface area contributed by atoms with Crippen LogP contribution in [-0.2, 0) is 18.7 Å². The first-order valence-corrected chi connectivity index (χ1v) is 12.9. The minimum atomic E-state index is -2.64. The fourth-order valence-electron chi connectivity index (χ4n) is 5.73. The topological polar surface area (TPSA) is 48.1 Å². The molecule has 0 amide bonds. The van der Waals surface area contributed by atoms with E-state index in [2.05, 4.69) is 81.4 Å². The Morgan fingerprint density at radius 1 is 0.933 bits per heavy atom. The Bertz CT molecular complexity index is 864. The molecule has 3 fully saturated rings. The highest BCUT2D eigenvalue weighted by Gasteiger charge is 2.60. The van der Waals surface area contributed by atoms with Crippen LogP contribution in [0.5, 0.6) is 0 Å². The molecule has 30 heavy (non-hydrogen) atoms. The van der Waals surface area contributed by atoms with Crippen LogP contribution in [-0.4, -0.2) is 39.2 Å².